The van der Waals surface area contributed by atoms with E-state index in [0.717, 1.165) is 12.0 Å². The summed E-state index contributed by atoms with van der Waals surface area (Å²) >= 11 is 0. The van der Waals surface area contributed by atoms with Crippen LogP contribution in [0, 0.1) is 0 Å². The van der Waals surface area contributed by atoms with Crippen molar-refractivity contribution in [3.8, 4) is 10.4 Å². The van der Waals surface area contributed by atoms with E-state index in [-0.39, 0.29) is 0 Å². The lowest BCUT2D eigenvalue weighted by Gasteiger charge is -2.02. The van der Waals surface area contributed by atoms with Gasteiger partial charge < -0.3 is 0 Å². The van der Waals surface area contributed by atoms with Crippen molar-refractivity contribution < 1.29 is 13.2 Å². The van der Waals surface area contributed by atoms with E-state index in [1.165, 1.54) is 0 Å². The number of alkyl halides is 3. The van der Waals surface area contributed by atoms with Gasteiger partial charge in [0.15, 0.2) is 9.58 Å². The summed E-state index contributed by atoms with van der Waals surface area (Å²) in [5.74, 6) is 0. The first-order chi connectivity index (χ1) is 10.0. The molecule has 0 radical (unpaired) electrons. The topological polar surface area (TPSA) is 0 Å². The molecule has 0 saturated heterocycles. The normalized spacial score (nSPS) is 12.9. The van der Waals surface area contributed by atoms with Crippen molar-refractivity contribution in [2.24, 2.45) is 0 Å². The minimum absolute atomic E-state index is 0.374. The second kappa shape index (κ2) is 5.19. The number of fused-ring (bicyclic) bond motifs is 1. The highest BCUT2D eigenvalue weighted by Gasteiger charge is 2.48. The van der Waals surface area contributed by atoms with Gasteiger partial charge in [-0.05, 0) is 36.2 Å². The number of hydrogen-bond acceptors (Lipinski definition) is 0. The SMILES string of the molecule is CCc1cccc(-c2cc3ccccc3[s+]2C(F)(F)F)c1. The van der Waals surface area contributed by atoms with Gasteiger partial charge in [0.25, 0.3) is 0 Å². The minimum atomic E-state index is -4.25. The van der Waals surface area contributed by atoms with Gasteiger partial charge >= 0.3 is 5.51 Å². The van der Waals surface area contributed by atoms with E-state index < -0.39 is 16.0 Å². The Morgan fingerprint density at radius 3 is 2.43 bits per heavy atom. The van der Waals surface area contributed by atoms with Crippen molar-refractivity contribution in [2.75, 3.05) is 0 Å². The number of benzene rings is 2. The molecular weight excluding hydrogens is 293 g/mol. The first kappa shape index (κ1) is 14.1. The molecule has 4 heteroatoms. The van der Waals surface area contributed by atoms with E-state index in [1.54, 1.807) is 36.4 Å². The third kappa shape index (κ3) is 2.56. The summed E-state index contributed by atoms with van der Waals surface area (Å²) in [6.07, 6.45) is 0.813. The molecule has 1 heterocycles. The molecule has 0 spiro atoms. The van der Waals surface area contributed by atoms with Crippen molar-refractivity contribution >= 4 is 20.6 Å². The third-order valence-corrected chi connectivity index (χ3v) is 5.56. The van der Waals surface area contributed by atoms with Gasteiger partial charge in [-0.15, -0.1) is 13.2 Å². The summed E-state index contributed by atoms with van der Waals surface area (Å²) in [4.78, 5) is 0.374. The number of hydrogen-bond donors (Lipinski definition) is 0. The Labute approximate surface area is 123 Å². The van der Waals surface area contributed by atoms with Crippen molar-refractivity contribution in [1.29, 1.82) is 0 Å². The first-order valence-corrected chi connectivity index (χ1v) is 7.94. The molecule has 0 N–H and O–H groups in total. The molecule has 3 aromatic rings. The lowest BCUT2D eigenvalue weighted by molar-refractivity contribution is -0.0864. The van der Waals surface area contributed by atoms with Crippen LogP contribution in [0.15, 0.2) is 54.6 Å². The number of rotatable bonds is 2. The average molecular weight is 307 g/mol. The second-order valence-corrected chi connectivity index (χ2v) is 6.81. The Bertz CT molecular complexity index is 784. The van der Waals surface area contributed by atoms with Crippen LogP contribution in [0.2, 0.25) is 0 Å². The van der Waals surface area contributed by atoms with Gasteiger partial charge in [0, 0.05) is 17.0 Å². The predicted molar refractivity (Wildman–Crippen MR) is 82.5 cm³/mol. The molecule has 0 aliphatic heterocycles. The van der Waals surface area contributed by atoms with Gasteiger partial charge in [-0.2, -0.15) is 0 Å². The molecule has 1 unspecified atom stereocenters. The van der Waals surface area contributed by atoms with Crippen LogP contribution in [-0.4, -0.2) is 0 Å². The fraction of sp³-hybridized carbons (Fsp3) is 0.176. The zero-order chi connectivity index (χ0) is 15.0. The maximum Gasteiger partial charge on any atom is 0.601 e. The highest BCUT2D eigenvalue weighted by molar-refractivity contribution is 7.41. The molecule has 3 rings (SSSR count). The fourth-order valence-electron chi connectivity index (χ4n) is 2.50. The van der Waals surface area contributed by atoms with Crippen LogP contribution < -0.4 is 0 Å². The maximum atomic E-state index is 13.5. The average Bonchev–Trinajstić information content (AvgIpc) is 2.86. The van der Waals surface area contributed by atoms with Crippen LogP contribution in [0.5, 0.6) is 0 Å². The summed E-state index contributed by atoms with van der Waals surface area (Å²) in [5, 5.41) is 0.676. The van der Waals surface area contributed by atoms with E-state index >= 15 is 0 Å². The van der Waals surface area contributed by atoms with Crippen LogP contribution in [-0.2, 0) is 11.9 Å². The molecule has 2 aromatic carbocycles. The smallest absolute Gasteiger partial charge is 0.118 e. The molecule has 0 aliphatic rings. The second-order valence-electron chi connectivity index (χ2n) is 4.85. The molecule has 0 amide bonds. The summed E-state index contributed by atoms with van der Waals surface area (Å²) < 4.78 is 41.0. The molecule has 0 fully saturated rings. The van der Waals surface area contributed by atoms with Crippen LogP contribution >= 0.6 is 10.5 Å². The maximum absolute atomic E-state index is 13.5. The molecular formula is C17H14F3S+. The monoisotopic (exact) mass is 307 g/mol. The summed E-state index contributed by atoms with van der Waals surface area (Å²) in [6, 6.07) is 15.9. The van der Waals surface area contributed by atoms with Crippen molar-refractivity contribution in [3.05, 3.63) is 60.2 Å². The van der Waals surface area contributed by atoms with E-state index in [4.69, 9.17) is 0 Å². The van der Waals surface area contributed by atoms with E-state index in [9.17, 15) is 13.2 Å². The quantitative estimate of drug-likeness (QED) is 0.488. The number of aryl methyl sites for hydroxylation is 1. The van der Waals surface area contributed by atoms with E-state index in [1.807, 2.05) is 25.1 Å². The van der Waals surface area contributed by atoms with E-state index in [2.05, 4.69) is 0 Å². The molecule has 0 nitrogen and oxygen atoms in total. The van der Waals surface area contributed by atoms with Gasteiger partial charge in [-0.1, -0.05) is 31.2 Å². The predicted octanol–water partition coefficient (Wildman–Crippen LogP) is 6.29. The lowest BCUT2D eigenvalue weighted by atomic mass is 10.1. The Balaban J connectivity index is 2.31. The van der Waals surface area contributed by atoms with Gasteiger partial charge in [0.2, 0.25) is 0 Å². The van der Waals surface area contributed by atoms with Crippen LogP contribution in [0.4, 0.5) is 13.2 Å². The Kier molecular flexibility index (Phi) is 3.49. The Morgan fingerprint density at radius 1 is 0.952 bits per heavy atom. The number of thiophene rings is 1. The molecule has 21 heavy (non-hydrogen) atoms. The largest absolute Gasteiger partial charge is 0.601 e. The van der Waals surface area contributed by atoms with E-state index in [0.29, 0.717) is 20.5 Å². The first-order valence-electron chi connectivity index (χ1n) is 6.72. The minimum Gasteiger partial charge on any atom is -0.118 e. The van der Waals surface area contributed by atoms with Gasteiger partial charge in [0.05, 0.1) is 0 Å². The summed E-state index contributed by atoms with van der Waals surface area (Å²) in [6.45, 7) is 2.00. The summed E-state index contributed by atoms with van der Waals surface area (Å²) in [5.41, 5.74) is -2.53. The Morgan fingerprint density at radius 2 is 1.71 bits per heavy atom. The fourth-order valence-corrected chi connectivity index (χ4v) is 4.42. The molecule has 1 atom stereocenters. The van der Waals surface area contributed by atoms with Crippen LogP contribution in [0.25, 0.3) is 20.5 Å². The van der Waals surface area contributed by atoms with Crippen molar-refractivity contribution in [1.82, 2.24) is 0 Å². The van der Waals surface area contributed by atoms with Crippen LogP contribution in [0.3, 0.4) is 0 Å². The van der Waals surface area contributed by atoms with Gasteiger partial charge in [-0.25, -0.2) is 0 Å². The highest BCUT2D eigenvalue weighted by Crippen LogP contribution is 2.54. The van der Waals surface area contributed by atoms with Gasteiger partial charge in [0.1, 0.15) is 10.5 Å². The van der Waals surface area contributed by atoms with Crippen molar-refractivity contribution in [3.63, 3.8) is 0 Å². The molecule has 108 valence electrons. The molecule has 0 saturated carbocycles. The molecule has 1 aromatic heterocycles. The summed E-state index contributed by atoms with van der Waals surface area (Å²) in [7, 11) is -1.86. The molecule has 0 aliphatic carbocycles. The Hall–Kier alpha value is -1.81. The zero-order valence-corrected chi connectivity index (χ0v) is 12.3. The standard InChI is InChI=1S/C17H14F3S/c1-2-12-6-5-8-13(10-12)16-11-14-7-3-4-9-15(14)21(16)17(18,19)20/h3-11H,2H2,1H3/q+1. The zero-order valence-electron chi connectivity index (χ0n) is 11.4. The highest BCUT2D eigenvalue weighted by atomic mass is 32.2. The van der Waals surface area contributed by atoms with Crippen LogP contribution in [0.1, 0.15) is 12.5 Å². The third-order valence-electron chi connectivity index (χ3n) is 3.50. The van der Waals surface area contributed by atoms with Crippen molar-refractivity contribution in [2.45, 2.75) is 18.9 Å². The number of halogens is 3. The van der Waals surface area contributed by atoms with Gasteiger partial charge in [-0.3, -0.25) is 0 Å². The molecule has 0 bridgehead atoms. The lowest BCUT2D eigenvalue weighted by Crippen LogP contribution is -1.96.